The average Bonchev–Trinajstić information content (AvgIpc) is 2.99. The van der Waals surface area contributed by atoms with Gasteiger partial charge in [0.2, 0.25) is 0 Å². The minimum Gasteiger partial charge on any atom is -0.316 e. The van der Waals surface area contributed by atoms with Crippen molar-refractivity contribution in [2.75, 3.05) is 19.6 Å². The van der Waals surface area contributed by atoms with Gasteiger partial charge in [-0.1, -0.05) is 0 Å². The quantitative estimate of drug-likeness (QED) is 0.839. The van der Waals surface area contributed by atoms with E-state index in [9.17, 15) is 0 Å². The van der Waals surface area contributed by atoms with Crippen LogP contribution in [0.15, 0.2) is 0 Å². The third kappa shape index (κ3) is 2.08. The summed E-state index contributed by atoms with van der Waals surface area (Å²) in [5, 5.41) is 11.8. The van der Waals surface area contributed by atoms with Crippen molar-refractivity contribution in [1.82, 2.24) is 20.4 Å². The molecule has 0 aromatic carbocycles. The number of piperidine rings is 1. The van der Waals surface area contributed by atoms with Gasteiger partial charge in [0.25, 0.3) is 0 Å². The van der Waals surface area contributed by atoms with Crippen molar-refractivity contribution in [3.63, 3.8) is 0 Å². The van der Waals surface area contributed by atoms with Gasteiger partial charge in [-0.15, -0.1) is 0 Å². The van der Waals surface area contributed by atoms with E-state index in [0.29, 0.717) is 12.1 Å². The molecule has 1 aromatic rings. The van der Waals surface area contributed by atoms with Gasteiger partial charge >= 0.3 is 0 Å². The van der Waals surface area contributed by atoms with E-state index >= 15 is 0 Å². The van der Waals surface area contributed by atoms with Gasteiger partial charge in [-0.3, -0.25) is 10.00 Å². The molecular formula is C14H24N4. The molecule has 0 aliphatic carbocycles. The van der Waals surface area contributed by atoms with Crippen LogP contribution in [0.1, 0.15) is 54.7 Å². The van der Waals surface area contributed by atoms with Crippen LogP contribution < -0.4 is 10.6 Å². The molecule has 0 amide bonds. The molecule has 0 spiro atoms. The van der Waals surface area contributed by atoms with Crippen LogP contribution in [0.5, 0.6) is 0 Å². The number of hydrogen-bond acceptors (Lipinski definition) is 3. The van der Waals surface area contributed by atoms with E-state index in [1.807, 2.05) is 0 Å². The van der Waals surface area contributed by atoms with Crippen LogP contribution in [0.4, 0.5) is 0 Å². The number of hydrogen-bond donors (Lipinski definition) is 2. The predicted octanol–water partition coefficient (Wildman–Crippen LogP) is 1.85. The second-order valence-corrected chi connectivity index (χ2v) is 5.68. The summed E-state index contributed by atoms with van der Waals surface area (Å²) >= 11 is 0. The number of rotatable bonds is 2. The molecule has 1 aromatic heterocycles. The first-order valence-electron chi connectivity index (χ1n) is 7.27. The van der Waals surface area contributed by atoms with Gasteiger partial charge < -0.3 is 5.32 Å². The Hall–Kier alpha value is -0.870. The van der Waals surface area contributed by atoms with E-state index in [1.54, 1.807) is 0 Å². The summed E-state index contributed by atoms with van der Waals surface area (Å²) in [6.07, 6.45) is 5.50. The van der Waals surface area contributed by atoms with E-state index in [4.69, 9.17) is 5.10 Å². The Balaban J connectivity index is 1.89. The summed E-state index contributed by atoms with van der Waals surface area (Å²) in [6.45, 7) is 7.83. The zero-order valence-electron chi connectivity index (χ0n) is 11.5. The van der Waals surface area contributed by atoms with E-state index in [2.05, 4.69) is 29.2 Å². The van der Waals surface area contributed by atoms with Gasteiger partial charge in [0.1, 0.15) is 6.17 Å². The highest BCUT2D eigenvalue weighted by molar-refractivity contribution is 5.30. The molecule has 2 unspecified atom stereocenters. The molecule has 0 bridgehead atoms. The van der Waals surface area contributed by atoms with E-state index in [-0.39, 0.29) is 0 Å². The van der Waals surface area contributed by atoms with Crippen LogP contribution in [0.25, 0.3) is 0 Å². The fourth-order valence-corrected chi connectivity index (χ4v) is 3.54. The normalized spacial score (nSPS) is 28.8. The maximum atomic E-state index is 4.79. The van der Waals surface area contributed by atoms with Crippen molar-refractivity contribution in [3.05, 3.63) is 17.0 Å². The Labute approximate surface area is 109 Å². The molecule has 4 nitrogen and oxygen atoms in total. The van der Waals surface area contributed by atoms with Gasteiger partial charge in [0.15, 0.2) is 0 Å². The van der Waals surface area contributed by atoms with Crippen molar-refractivity contribution in [2.24, 2.45) is 0 Å². The molecule has 18 heavy (non-hydrogen) atoms. The van der Waals surface area contributed by atoms with Gasteiger partial charge in [0.05, 0.1) is 5.69 Å². The fraction of sp³-hybridized carbons (Fsp3) is 0.786. The first kappa shape index (κ1) is 12.2. The van der Waals surface area contributed by atoms with Gasteiger partial charge in [-0.25, -0.2) is 0 Å². The SMILES string of the molecule is Cc1nn(C2CCCN2)c(C)c1C1CCCNC1. The predicted molar refractivity (Wildman–Crippen MR) is 72.8 cm³/mol. The summed E-state index contributed by atoms with van der Waals surface area (Å²) in [5.41, 5.74) is 4.10. The molecule has 0 saturated carbocycles. The van der Waals surface area contributed by atoms with Crippen molar-refractivity contribution in [3.8, 4) is 0 Å². The smallest absolute Gasteiger partial charge is 0.102 e. The number of nitrogens with one attached hydrogen (secondary N) is 2. The van der Waals surface area contributed by atoms with Crippen LogP contribution in [0, 0.1) is 13.8 Å². The number of aryl methyl sites for hydroxylation is 1. The standard InChI is InChI=1S/C14H24N4/c1-10-14(12-5-3-7-15-9-12)11(2)18(17-10)13-6-4-8-16-13/h12-13,15-16H,3-9H2,1-2H3. The first-order valence-corrected chi connectivity index (χ1v) is 7.27. The summed E-state index contributed by atoms with van der Waals surface area (Å²) in [6, 6.07) is 0. The zero-order chi connectivity index (χ0) is 12.5. The van der Waals surface area contributed by atoms with E-state index in [1.165, 1.54) is 49.2 Å². The van der Waals surface area contributed by atoms with Crippen LogP contribution in [-0.2, 0) is 0 Å². The topological polar surface area (TPSA) is 41.9 Å². The average molecular weight is 248 g/mol. The summed E-state index contributed by atoms with van der Waals surface area (Å²) in [4.78, 5) is 0. The Morgan fingerprint density at radius 2 is 2.00 bits per heavy atom. The molecule has 2 saturated heterocycles. The molecule has 4 heteroatoms. The van der Waals surface area contributed by atoms with Crippen molar-refractivity contribution in [2.45, 2.75) is 51.6 Å². The highest BCUT2D eigenvalue weighted by Crippen LogP contribution is 2.31. The molecule has 2 aliphatic rings. The highest BCUT2D eigenvalue weighted by Gasteiger charge is 2.26. The molecule has 3 heterocycles. The second kappa shape index (κ2) is 5.02. The Morgan fingerprint density at radius 3 is 2.67 bits per heavy atom. The number of nitrogens with zero attached hydrogens (tertiary/aromatic N) is 2. The highest BCUT2D eigenvalue weighted by atomic mass is 15.4. The Morgan fingerprint density at radius 1 is 1.17 bits per heavy atom. The lowest BCUT2D eigenvalue weighted by atomic mass is 9.90. The zero-order valence-corrected chi connectivity index (χ0v) is 11.5. The lowest BCUT2D eigenvalue weighted by Crippen LogP contribution is -2.29. The van der Waals surface area contributed by atoms with Crippen LogP contribution in [-0.4, -0.2) is 29.4 Å². The fourth-order valence-electron chi connectivity index (χ4n) is 3.54. The van der Waals surface area contributed by atoms with Crippen molar-refractivity contribution in [1.29, 1.82) is 0 Å². The maximum Gasteiger partial charge on any atom is 0.102 e. The lowest BCUT2D eigenvalue weighted by Gasteiger charge is -2.23. The van der Waals surface area contributed by atoms with Gasteiger partial charge in [0, 0.05) is 23.7 Å². The minimum atomic E-state index is 0.425. The van der Waals surface area contributed by atoms with Crippen molar-refractivity contribution >= 4 is 0 Å². The summed E-state index contributed by atoms with van der Waals surface area (Å²) < 4.78 is 2.23. The van der Waals surface area contributed by atoms with Crippen LogP contribution in [0.3, 0.4) is 0 Å². The van der Waals surface area contributed by atoms with Crippen molar-refractivity contribution < 1.29 is 0 Å². The molecule has 0 radical (unpaired) electrons. The van der Waals surface area contributed by atoms with Gasteiger partial charge in [-0.05, 0) is 52.6 Å². The Bertz CT molecular complexity index is 412. The summed E-state index contributed by atoms with van der Waals surface area (Å²) in [7, 11) is 0. The van der Waals surface area contributed by atoms with E-state index in [0.717, 1.165) is 13.1 Å². The van der Waals surface area contributed by atoms with Crippen LogP contribution in [0.2, 0.25) is 0 Å². The molecule has 2 atom stereocenters. The summed E-state index contributed by atoms with van der Waals surface area (Å²) in [5.74, 6) is 0.661. The molecule has 100 valence electrons. The Kier molecular flexibility index (Phi) is 3.39. The first-order chi connectivity index (χ1) is 8.77. The minimum absolute atomic E-state index is 0.425. The molecule has 2 fully saturated rings. The second-order valence-electron chi connectivity index (χ2n) is 5.68. The van der Waals surface area contributed by atoms with E-state index < -0.39 is 0 Å². The lowest BCUT2D eigenvalue weighted by molar-refractivity contribution is 0.412. The molecule has 3 rings (SSSR count). The number of aromatic nitrogens is 2. The third-order valence-corrected chi connectivity index (χ3v) is 4.42. The maximum absolute atomic E-state index is 4.79. The molecule has 2 N–H and O–H groups in total. The largest absolute Gasteiger partial charge is 0.316 e. The monoisotopic (exact) mass is 248 g/mol. The third-order valence-electron chi connectivity index (χ3n) is 4.42. The van der Waals surface area contributed by atoms with Crippen LogP contribution >= 0.6 is 0 Å². The molecule has 2 aliphatic heterocycles. The molecular weight excluding hydrogens is 224 g/mol. The van der Waals surface area contributed by atoms with Gasteiger partial charge in [-0.2, -0.15) is 5.10 Å².